The van der Waals surface area contributed by atoms with Crippen molar-refractivity contribution < 1.29 is 4.42 Å². The van der Waals surface area contributed by atoms with Crippen LogP contribution < -0.4 is 0 Å². The molecule has 4 heteroatoms. The van der Waals surface area contributed by atoms with Gasteiger partial charge in [0.05, 0.1) is 22.4 Å². The number of rotatable bonds is 5. The van der Waals surface area contributed by atoms with Gasteiger partial charge >= 0.3 is 0 Å². The Morgan fingerprint density at radius 1 is 0.681 bits per heavy atom. The Balaban J connectivity index is 1.27. The topological polar surface area (TPSA) is 54.3 Å². The number of para-hydroxylation sites is 3. The monoisotopic (exact) mass is 605 g/mol. The largest absolute Gasteiger partial charge is 0.455 e. The van der Waals surface area contributed by atoms with Gasteiger partial charge in [0.25, 0.3) is 0 Å². The molecule has 0 unspecified atom stereocenters. The van der Waals surface area contributed by atoms with E-state index in [1.165, 1.54) is 33.0 Å². The summed E-state index contributed by atoms with van der Waals surface area (Å²) in [4.78, 5) is 5.19. The molecule has 47 heavy (non-hydrogen) atoms. The fourth-order valence-corrected chi connectivity index (χ4v) is 7.58. The number of aromatic nitrogens is 1. The van der Waals surface area contributed by atoms with E-state index in [2.05, 4.69) is 91.2 Å². The highest BCUT2D eigenvalue weighted by molar-refractivity contribution is 6.17. The standard InChI is InChI=1S/C43H31N3O/c1-43(2)34-20-9-6-15-28(34)30-23-24-38-40(41(30)43)33-17-7-10-21-37(33)46(38)26-45-36(25-35(44)27-13-4-3-5-14-27)32-19-12-18-31-29-16-8-11-22-39(29)47-42(31)32/h3-26,44H,1-2H3/b36-25-,44-35?,45-26+. The maximum Gasteiger partial charge on any atom is 0.144 e. The molecule has 0 saturated carbocycles. The SMILES string of the molecule is CC1(C)c2ccccc2-c2ccc3c(c21)c1ccccc1n3/C=N/C(=C\C(=N)c1ccccc1)c1cccc2c1oc1ccccc12. The minimum atomic E-state index is -0.149. The maximum atomic E-state index is 9.04. The average molecular weight is 606 g/mol. The van der Waals surface area contributed by atoms with Crippen LogP contribution in [0, 0.1) is 5.41 Å². The number of allylic oxidation sites excluding steroid dienone is 1. The fraction of sp³-hybridized carbons (Fsp3) is 0.0698. The summed E-state index contributed by atoms with van der Waals surface area (Å²) in [6.45, 7) is 4.67. The second-order valence-electron chi connectivity index (χ2n) is 12.8. The molecule has 0 fully saturated rings. The van der Waals surface area contributed by atoms with Crippen molar-refractivity contribution in [3.63, 3.8) is 0 Å². The van der Waals surface area contributed by atoms with E-state index in [1.807, 2.05) is 73.1 Å². The number of hydrogen-bond acceptors (Lipinski definition) is 3. The molecule has 1 aliphatic carbocycles. The van der Waals surface area contributed by atoms with Gasteiger partial charge in [-0.15, -0.1) is 0 Å². The molecule has 2 heterocycles. The molecule has 4 nitrogen and oxygen atoms in total. The van der Waals surface area contributed by atoms with Crippen LogP contribution in [0.1, 0.15) is 36.1 Å². The van der Waals surface area contributed by atoms with Crippen LogP contribution in [0.15, 0.2) is 149 Å². The summed E-state index contributed by atoms with van der Waals surface area (Å²) >= 11 is 0. The summed E-state index contributed by atoms with van der Waals surface area (Å²) in [5, 5.41) is 13.6. The van der Waals surface area contributed by atoms with Crippen molar-refractivity contribution in [1.82, 2.24) is 4.57 Å². The molecular formula is C43H31N3O. The van der Waals surface area contributed by atoms with Gasteiger partial charge in [-0.2, -0.15) is 0 Å². The Labute approximate surface area is 272 Å². The van der Waals surface area contributed by atoms with Crippen LogP contribution in [0.5, 0.6) is 0 Å². The fourth-order valence-electron chi connectivity index (χ4n) is 7.58. The lowest BCUT2D eigenvalue weighted by Crippen LogP contribution is -2.15. The first-order chi connectivity index (χ1) is 23.0. The Bertz CT molecular complexity index is 2610. The second-order valence-corrected chi connectivity index (χ2v) is 12.8. The normalized spacial score (nSPS) is 14.0. The summed E-state index contributed by atoms with van der Waals surface area (Å²) in [7, 11) is 0. The smallest absolute Gasteiger partial charge is 0.144 e. The minimum absolute atomic E-state index is 0.149. The number of nitrogens with zero attached hydrogens (tertiary/aromatic N) is 2. The first kappa shape index (κ1) is 27.3. The molecule has 0 bridgehead atoms. The molecule has 224 valence electrons. The van der Waals surface area contributed by atoms with Crippen molar-refractivity contribution in [1.29, 1.82) is 5.41 Å². The number of aliphatic imine (C=N–C) groups is 1. The number of hydrogen-bond donors (Lipinski definition) is 1. The van der Waals surface area contributed by atoms with E-state index >= 15 is 0 Å². The predicted molar refractivity (Wildman–Crippen MR) is 196 cm³/mol. The van der Waals surface area contributed by atoms with Crippen LogP contribution in [-0.2, 0) is 5.41 Å². The zero-order valence-electron chi connectivity index (χ0n) is 26.2. The third-order valence-corrected chi connectivity index (χ3v) is 9.75. The Morgan fingerprint density at radius 2 is 1.40 bits per heavy atom. The summed E-state index contributed by atoms with van der Waals surface area (Å²) in [5.74, 6) is 0. The van der Waals surface area contributed by atoms with Gasteiger partial charge in [0.1, 0.15) is 17.5 Å². The molecule has 0 aliphatic heterocycles. The van der Waals surface area contributed by atoms with Gasteiger partial charge in [-0.3, -0.25) is 4.57 Å². The van der Waals surface area contributed by atoms with Gasteiger partial charge in [0.15, 0.2) is 0 Å². The van der Waals surface area contributed by atoms with Gasteiger partial charge in [0.2, 0.25) is 0 Å². The molecule has 1 N–H and O–H groups in total. The van der Waals surface area contributed by atoms with E-state index in [1.54, 1.807) is 0 Å². The molecule has 0 radical (unpaired) electrons. The molecule has 1 aliphatic rings. The molecule has 2 aromatic heterocycles. The lowest BCUT2D eigenvalue weighted by molar-refractivity contribution is 0.666. The summed E-state index contributed by atoms with van der Waals surface area (Å²) < 4.78 is 8.64. The summed E-state index contributed by atoms with van der Waals surface area (Å²) in [6.07, 6.45) is 3.76. The van der Waals surface area contributed by atoms with E-state index < -0.39 is 0 Å². The van der Waals surface area contributed by atoms with Crippen LogP contribution in [0.4, 0.5) is 0 Å². The van der Waals surface area contributed by atoms with Gasteiger partial charge in [-0.25, -0.2) is 4.99 Å². The van der Waals surface area contributed by atoms with E-state index in [0.717, 1.165) is 44.1 Å². The molecule has 0 atom stereocenters. The first-order valence-electron chi connectivity index (χ1n) is 16.0. The molecule has 9 rings (SSSR count). The predicted octanol–water partition coefficient (Wildman–Crippen LogP) is 11.0. The minimum Gasteiger partial charge on any atom is -0.455 e. The Morgan fingerprint density at radius 3 is 2.28 bits per heavy atom. The quantitative estimate of drug-likeness (QED) is 0.154. The number of fused-ring (bicyclic) bond motifs is 10. The third kappa shape index (κ3) is 4.08. The van der Waals surface area contributed by atoms with Gasteiger partial charge in [0, 0.05) is 32.5 Å². The van der Waals surface area contributed by atoms with Crippen molar-refractivity contribution in [3.05, 3.63) is 162 Å². The van der Waals surface area contributed by atoms with Crippen LogP contribution >= 0.6 is 0 Å². The number of benzene rings is 6. The average Bonchev–Trinajstić information content (AvgIpc) is 3.73. The van der Waals surface area contributed by atoms with E-state index in [0.29, 0.717) is 11.4 Å². The lowest BCUT2D eigenvalue weighted by atomic mass is 9.80. The second kappa shape index (κ2) is 10.3. The zero-order valence-corrected chi connectivity index (χ0v) is 26.2. The van der Waals surface area contributed by atoms with Crippen molar-refractivity contribution in [3.8, 4) is 11.1 Å². The Hall–Kier alpha value is -6.00. The first-order valence-corrected chi connectivity index (χ1v) is 16.0. The van der Waals surface area contributed by atoms with Crippen LogP contribution in [0.2, 0.25) is 0 Å². The van der Waals surface area contributed by atoms with Crippen molar-refractivity contribution in [2.45, 2.75) is 19.3 Å². The van der Waals surface area contributed by atoms with E-state index in [-0.39, 0.29) is 5.41 Å². The molecule has 0 spiro atoms. The highest BCUT2D eigenvalue weighted by atomic mass is 16.3. The maximum absolute atomic E-state index is 9.04. The van der Waals surface area contributed by atoms with Crippen LogP contribution in [0.25, 0.3) is 60.6 Å². The summed E-state index contributed by atoms with van der Waals surface area (Å²) in [5.41, 5.74) is 11.7. The summed E-state index contributed by atoms with van der Waals surface area (Å²) in [6, 6.07) is 45.9. The molecular weight excluding hydrogens is 574 g/mol. The number of furan rings is 1. The Kier molecular flexibility index (Phi) is 5.97. The van der Waals surface area contributed by atoms with E-state index in [9.17, 15) is 0 Å². The third-order valence-electron chi connectivity index (χ3n) is 9.75. The van der Waals surface area contributed by atoms with Crippen molar-refractivity contribution in [2.75, 3.05) is 0 Å². The van der Waals surface area contributed by atoms with Gasteiger partial charge in [-0.1, -0.05) is 123 Å². The van der Waals surface area contributed by atoms with Crippen molar-refractivity contribution >= 4 is 61.5 Å². The van der Waals surface area contributed by atoms with Gasteiger partial charge in [-0.05, 0) is 58.2 Å². The molecule has 0 saturated heterocycles. The molecule has 0 amide bonds. The van der Waals surface area contributed by atoms with Crippen molar-refractivity contribution in [2.24, 2.45) is 4.99 Å². The van der Waals surface area contributed by atoms with E-state index in [4.69, 9.17) is 14.8 Å². The van der Waals surface area contributed by atoms with Gasteiger partial charge < -0.3 is 9.83 Å². The molecule has 6 aromatic carbocycles. The zero-order chi connectivity index (χ0) is 31.7. The molecule has 8 aromatic rings. The lowest BCUT2D eigenvalue weighted by Gasteiger charge is -2.22. The van der Waals surface area contributed by atoms with Crippen LogP contribution in [-0.4, -0.2) is 16.6 Å². The highest BCUT2D eigenvalue weighted by Gasteiger charge is 2.37. The highest BCUT2D eigenvalue weighted by Crippen LogP contribution is 2.52. The van der Waals surface area contributed by atoms with Crippen LogP contribution in [0.3, 0.4) is 0 Å². The number of nitrogens with one attached hydrogen (secondary N) is 1.